The number of benzene rings is 1. The van der Waals surface area contributed by atoms with Gasteiger partial charge in [0.25, 0.3) is 0 Å². The number of alkyl halides is 3. The van der Waals surface area contributed by atoms with Crippen molar-refractivity contribution >= 4 is 11.3 Å². The minimum atomic E-state index is -4.53. The van der Waals surface area contributed by atoms with Crippen LogP contribution in [0.4, 0.5) is 17.6 Å². The Morgan fingerprint density at radius 2 is 2.10 bits per heavy atom. The van der Waals surface area contributed by atoms with E-state index in [0.29, 0.717) is 0 Å². The van der Waals surface area contributed by atoms with Crippen LogP contribution in [0, 0.1) is 5.82 Å². The van der Waals surface area contributed by atoms with Gasteiger partial charge in [-0.05, 0) is 37.6 Å². The molecule has 0 amide bonds. The molecule has 1 aromatic carbocycles. The summed E-state index contributed by atoms with van der Waals surface area (Å²) in [5.74, 6) is -0.700. The molecule has 0 saturated carbocycles. The quantitative estimate of drug-likeness (QED) is 0.831. The molecule has 2 heterocycles. The molecule has 1 N–H and O–H groups in total. The number of thiazole rings is 1. The van der Waals surface area contributed by atoms with Crippen LogP contribution in [-0.4, -0.2) is 11.5 Å². The van der Waals surface area contributed by atoms with Crippen LogP contribution in [0.15, 0.2) is 23.6 Å². The predicted molar refractivity (Wildman–Crippen MR) is 72.5 cm³/mol. The summed E-state index contributed by atoms with van der Waals surface area (Å²) in [6.45, 7) is 0.880. The average molecular weight is 316 g/mol. The van der Waals surface area contributed by atoms with E-state index >= 15 is 0 Å². The largest absolute Gasteiger partial charge is 0.417 e. The number of hydrogen-bond donors (Lipinski definition) is 1. The Hall–Kier alpha value is -1.47. The van der Waals surface area contributed by atoms with E-state index in [4.69, 9.17) is 0 Å². The maximum absolute atomic E-state index is 13.3. The van der Waals surface area contributed by atoms with Crippen LogP contribution >= 0.6 is 11.3 Å². The van der Waals surface area contributed by atoms with Gasteiger partial charge in [0.05, 0.1) is 17.3 Å². The zero-order chi connectivity index (χ0) is 15.0. The lowest BCUT2D eigenvalue weighted by Gasteiger charge is -2.11. The first kappa shape index (κ1) is 14.5. The molecular formula is C14H12F4N2S. The Kier molecular flexibility index (Phi) is 3.71. The first-order valence-corrected chi connectivity index (χ1v) is 7.39. The van der Waals surface area contributed by atoms with Gasteiger partial charge in [0.15, 0.2) is 0 Å². The van der Waals surface area contributed by atoms with E-state index in [1.54, 1.807) is 5.38 Å². The molecule has 2 aromatic rings. The maximum atomic E-state index is 13.3. The second-order valence-electron chi connectivity index (χ2n) is 4.91. The van der Waals surface area contributed by atoms with E-state index in [1.165, 1.54) is 0 Å². The Labute approximate surface area is 122 Å². The highest BCUT2D eigenvalue weighted by Gasteiger charge is 2.34. The van der Waals surface area contributed by atoms with E-state index in [0.717, 1.165) is 54.6 Å². The van der Waals surface area contributed by atoms with Crippen LogP contribution in [0.1, 0.15) is 30.1 Å². The van der Waals surface area contributed by atoms with Gasteiger partial charge in [-0.1, -0.05) is 0 Å². The van der Waals surface area contributed by atoms with Gasteiger partial charge >= 0.3 is 6.18 Å². The molecule has 0 bridgehead atoms. The van der Waals surface area contributed by atoms with Crippen LogP contribution in [0.5, 0.6) is 0 Å². The molecular weight excluding hydrogens is 304 g/mol. The standard InChI is InChI=1S/C14H12F4N2S/c15-8-3-4-10(14(16,17)18)9(6-8)13-20-12(7-21-13)11-2-1-5-19-11/h3-4,6-7,11,19H,1-2,5H2. The summed E-state index contributed by atoms with van der Waals surface area (Å²) < 4.78 is 52.4. The Morgan fingerprint density at radius 3 is 2.76 bits per heavy atom. The number of nitrogens with one attached hydrogen (secondary N) is 1. The molecule has 2 nitrogen and oxygen atoms in total. The highest BCUT2D eigenvalue weighted by molar-refractivity contribution is 7.13. The van der Waals surface area contributed by atoms with E-state index in [-0.39, 0.29) is 16.6 Å². The summed E-state index contributed by atoms with van der Waals surface area (Å²) in [5.41, 5.74) is -0.328. The van der Waals surface area contributed by atoms with E-state index < -0.39 is 17.6 Å². The maximum Gasteiger partial charge on any atom is 0.417 e. The fourth-order valence-electron chi connectivity index (χ4n) is 2.45. The minimum absolute atomic E-state index is 0.0814. The number of rotatable bonds is 2. The molecule has 1 aliphatic rings. The summed E-state index contributed by atoms with van der Waals surface area (Å²) in [7, 11) is 0. The molecule has 0 radical (unpaired) electrons. The van der Waals surface area contributed by atoms with Crippen molar-refractivity contribution in [1.82, 2.24) is 10.3 Å². The SMILES string of the molecule is Fc1ccc(C(F)(F)F)c(-c2nc(C3CCCN3)cs2)c1. The van der Waals surface area contributed by atoms with Gasteiger partial charge in [-0.2, -0.15) is 13.2 Å². The summed E-state index contributed by atoms with van der Waals surface area (Å²) in [4.78, 5) is 4.27. The van der Waals surface area contributed by atoms with Gasteiger partial charge in [-0.15, -0.1) is 11.3 Å². The minimum Gasteiger partial charge on any atom is -0.309 e. The Morgan fingerprint density at radius 1 is 1.29 bits per heavy atom. The van der Waals surface area contributed by atoms with Crippen molar-refractivity contribution in [2.75, 3.05) is 6.54 Å². The first-order valence-electron chi connectivity index (χ1n) is 6.51. The molecule has 7 heteroatoms. The average Bonchev–Trinajstić information content (AvgIpc) is 3.08. The molecule has 112 valence electrons. The molecule has 1 atom stereocenters. The number of halogens is 4. The monoisotopic (exact) mass is 316 g/mol. The van der Waals surface area contributed by atoms with E-state index in [1.807, 2.05) is 0 Å². The van der Waals surface area contributed by atoms with Crippen LogP contribution in [0.3, 0.4) is 0 Å². The zero-order valence-electron chi connectivity index (χ0n) is 10.9. The van der Waals surface area contributed by atoms with E-state index in [2.05, 4.69) is 10.3 Å². The van der Waals surface area contributed by atoms with Gasteiger partial charge in [0.2, 0.25) is 0 Å². The van der Waals surface area contributed by atoms with Gasteiger partial charge < -0.3 is 5.32 Å². The van der Waals surface area contributed by atoms with Crippen LogP contribution in [0.2, 0.25) is 0 Å². The molecule has 3 rings (SSSR count). The molecule has 0 spiro atoms. The van der Waals surface area contributed by atoms with Crippen molar-refractivity contribution < 1.29 is 17.6 Å². The number of aromatic nitrogens is 1. The molecule has 1 unspecified atom stereocenters. The fraction of sp³-hybridized carbons (Fsp3) is 0.357. The number of hydrogen-bond acceptors (Lipinski definition) is 3. The zero-order valence-corrected chi connectivity index (χ0v) is 11.7. The van der Waals surface area contributed by atoms with Gasteiger partial charge in [0, 0.05) is 10.9 Å². The summed E-state index contributed by atoms with van der Waals surface area (Å²) in [5, 5.41) is 5.18. The summed E-state index contributed by atoms with van der Waals surface area (Å²) in [6.07, 6.45) is -2.59. The molecule has 1 fully saturated rings. The first-order chi connectivity index (χ1) is 9.95. The highest BCUT2D eigenvalue weighted by Crippen LogP contribution is 2.39. The van der Waals surface area contributed by atoms with Gasteiger partial charge in [-0.25, -0.2) is 9.37 Å². The van der Waals surface area contributed by atoms with Crippen molar-refractivity contribution in [2.24, 2.45) is 0 Å². The second-order valence-corrected chi connectivity index (χ2v) is 5.77. The van der Waals surface area contributed by atoms with Crippen molar-refractivity contribution in [3.05, 3.63) is 40.7 Å². The van der Waals surface area contributed by atoms with Crippen molar-refractivity contribution in [1.29, 1.82) is 0 Å². The van der Waals surface area contributed by atoms with Crippen LogP contribution in [0.25, 0.3) is 10.6 Å². The lowest BCUT2D eigenvalue weighted by Crippen LogP contribution is -2.13. The molecule has 1 aliphatic heterocycles. The Balaban J connectivity index is 2.01. The fourth-order valence-corrected chi connectivity index (χ4v) is 3.35. The smallest absolute Gasteiger partial charge is 0.309 e. The van der Waals surface area contributed by atoms with Crippen LogP contribution in [-0.2, 0) is 6.18 Å². The molecule has 0 aliphatic carbocycles. The Bertz CT molecular complexity index is 645. The van der Waals surface area contributed by atoms with Crippen molar-refractivity contribution in [3.8, 4) is 10.6 Å². The summed E-state index contributed by atoms with van der Waals surface area (Å²) in [6, 6.07) is 2.56. The third kappa shape index (κ3) is 2.94. The third-order valence-electron chi connectivity index (χ3n) is 3.46. The van der Waals surface area contributed by atoms with Crippen molar-refractivity contribution in [3.63, 3.8) is 0 Å². The van der Waals surface area contributed by atoms with Crippen molar-refractivity contribution in [2.45, 2.75) is 25.1 Å². The molecule has 1 aromatic heterocycles. The second kappa shape index (κ2) is 5.38. The predicted octanol–water partition coefficient (Wildman–Crippen LogP) is 4.39. The lowest BCUT2D eigenvalue weighted by atomic mass is 10.1. The normalized spacial score (nSPS) is 19.1. The third-order valence-corrected chi connectivity index (χ3v) is 4.35. The van der Waals surface area contributed by atoms with Crippen LogP contribution < -0.4 is 5.32 Å². The molecule has 21 heavy (non-hydrogen) atoms. The van der Waals surface area contributed by atoms with Gasteiger partial charge in [-0.3, -0.25) is 0 Å². The number of nitrogens with zero attached hydrogens (tertiary/aromatic N) is 1. The lowest BCUT2D eigenvalue weighted by molar-refractivity contribution is -0.137. The highest BCUT2D eigenvalue weighted by atomic mass is 32.1. The topological polar surface area (TPSA) is 24.9 Å². The summed E-state index contributed by atoms with van der Waals surface area (Å²) >= 11 is 1.11. The van der Waals surface area contributed by atoms with Gasteiger partial charge in [0.1, 0.15) is 10.8 Å². The molecule has 1 saturated heterocycles. The van der Waals surface area contributed by atoms with E-state index in [9.17, 15) is 17.6 Å².